The monoisotopic (exact) mass is 233 g/mol. The van der Waals surface area contributed by atoms with Crippen LogP contribution in [0.15, 0.2) is 23.2 Å². The molecule has 2 atom stereocenters. The van der Waals surface area contributed by atoms with Crippen molar-refractivity contribution in [3.8, 4) is 0 Å². The van der Waals surface area contributed by atoms with E-state index in [1.54, 1.807) is 0 Å². The van der Waals surface area contributed by atoms with Gasteiger partial charge in [-0.3, -0.25) is 0 Å². The van der Waals surface area contributed by atoms with Crippen LogP contribution in [-0.2, 0) is 4.79 Å². The minimum absolute atomic E-state index is 0.355. The Hall–Kier alpha value is -0.571. The van der Waals surface area contributed by atoms with Crippen molar-refractivity contribution in [2.75, 3.05) is 0 Å². The summed E-state index contributed by atoms with van der Waals surface area (Å²) < 4.78 is 0. The SMILES string of the molecule is N[C@@H](CC1C=CC=C[Se]1)C(=O)O. The Balaban J connectivity index is 2.36. The van der Waals surface area contributed by atoms with Gasteiger partial charge in [-0.15, -0.1) is 0 Å². The molecule has 0 saturated heterocycles. The molecule has 1 heterocycles. The van der Waals surface area contributed by atoms with Crippen LogP contribution in [0.25, 0.3) is 0 Å². The summed E-state index contributed by atoms with van der Waals surface area (Å²) >= 11 is 0.377. The zero-order chi connectivity index (χ0) is 8.97. The van der Waals surface area contributed by atoms with Crippen molar-refractivity contribution >= 4 is 20.9 Å². The predicted molar refractivity (Wildman–Crippen MR) is 48.0 cm³/mol. The second-order valence-corrected chi connectivity index (χ2v) is 4.98. The standard InChI is InChI=1S/C8H11NO2Se/c9-7(8(10)11)5-6-3-1-2-4-12-6/h1-4,6-7H,5,9H2,(H,10,11)/t6?,7-/m0/s1. The van der Waals surface area contributed by atoms with E-state index in [0.29, 0.717) is 26.2 Å². The summed E-state index contributed by atoms with van der Waals surface area (Å²) in [5.74, 6) is -0.909. The molecule has 0 aromatic rings. The second kappa shape index (κ2) is 4.45. The Kier molecular flexibility index (Phi) is 3.53. The van der Waals surface area contributed by atoms with Crippen LogP contribution in [0.4, 0.5) is 0 Å². The van der Waals surface area contributed by atoms with Gasteiger partial charge in [0, 0.05) is 0 Å². The van der Waals surface area contributed by atoms with Gasteiger partial charge in [-0.05, 0) is 0 Å². The van der Waals surface area contributed by atoms with E-state index in [1.807, 2.05) is 18.2 Å². The van der Waals surface area contributed by atoms with Crippen LogP contribution in [0.3, 0.4) is 0 Å². The molecule has 1 aliphatic rings. The molecule has 3 N–H and O–H groups in total. The summed E-state index contributed by atoms with van der Waals surface area (Å²) in [5, 5.41) is 8.55. The van der Waals surface area contributed by atoms with E-state index in [0.717, 1.165) is 0 Å². The summed E-state index contributed by atoms with van der Waals surface area (Å²) in [7, 11) is 0. The number of hydrogen-bond acceptors (Lipinski definition) is 2. The van der Waals surface area contributed by atoms with Crippen molar-refractivity contribution in [3.63, 3.8) is 0 Å². The zero-order valence-electron chi connectivity index (χ0n) is 6.51. The molecule has 0 amide bonds. The molecule has 4 heteroatoms. The fraction of sp³-hybridized carbons (Fsp3) is 0.375. The van der Waals surface area contributed by atoms with Crippen molar-refractivity contribution in [1.82, 2.24) is 0 Å². The molecule has 0 radical (unpaired) electrons. The van der Waals surface area contributed by atoms with Gasteiger partial charge in [0.2, 0.25) is 0 Å². The van der Waals surface area contributed by atoms with Gasteiger partial charge in [0.1, 0.15) is 0 Å². The van der Waals surface area contributed by atoms with Crippen molar-refractivity contribution in [1.29, 1.82) is 0 Å². The quantitative estimate of drug-likeness (QED) is 0.691. The van der Waals surface area contributed by atoms with E-state index >= 15 is 0 Å². The molecular formula is C8H11NO2Se. The summed E-state index contributed by atoms with van der Waals surface area (Å²) in [6.07, 6.45) is 6.52. The van der Waals surface area contributed by atoms with Gasteiger partial charge >= 0.3 is 77.0 Å². The normalized spacial score (nSPS) is 23.9. The Bertz CT molecular complexity index is 225. The van der Waals surface area contributed by atoms with E-state index in [9.17, 15) is 4.79 Å². The van der Waals surface area contributed by atoms with Crippen LogP contribution in [0.2, 0.25) is 4.82 Å². The van der Waals surface area contributed by atoms with E-state index in [-0.39, 0.29) is 0 Å². The summed E-state index contributed by atoms with van der Waals surface area (Å²) in [6, 6.07) is -0.715. The summed E-state index contributed by atoms with van der Waals surface area (Å²) in [4.78, 5) is 12.9. The third-order valence-corrected chi connectivity index (χ3v) is 3.70. The number of nitrogens with two attached hydrogens (primary N) is 1. The third-order valence-electron chi connectivity index (χ3n) is 1.57. The zero-order valence-corrected chi connectivity index (χ0v) is 8.23. The number of aliphatic carboxylic acids is 1. The number of carboxylic acids is 1. The number of carbonyl (C=O) groups is 1. The Labute approximate surface area is 77.5 Å². The van der Waals surface area contributed by atoms with Gasteiger partial charge in [-0.1, -0.05) is 0 Å². The van der Waals surface area contributed by atoms with Crippen molar-refractivity contribution in [2.45, 2.75) is 17.3 Å². The molecule has 0 bridgehead atoms. The van der Waals surface area contributed by atoms with Gasteiger partial charge in [0.15, 0.2) is 0 Å². The molecule has 0 aromatic heterocycles. The third kappa shape index (κ3) is 2.81. The molecule has 3 nitrogen and oxygen atoms in total. The first-order valence-corrected chi connectivity index (χ1v) is 5.65. The van der Waals surface area contributed by atoms with Crippen LogP contribution >= 0.6 is 0 Å². The molecule has 0 aliphatic carbocycles. The number of hydrogen-bond donors (Lipinski definition) is 2. The maximum absolute atomic E-state index is 10.4. The predicted octanol–water partition coefficient (Wildman–Crippen LogP) is 0.365. The summed E-state index contributed by atoms with van der Waals surface area (Å²) in [6.45, 7) is 0. The van der Waals surface area contributed by atoms with Crippen LogP contribution in [-0.4, -0.2) is 32.1 Å². The first kappa shape index (κ1) is 9.52. The van der Waals surface area contributed by atoms with Crippen LogP contribution in [0, 0.1) is 0 Å². The van der Waals surface area contributed by atoms with Crippen LogP contribution < -0.4 is 5.73 Å². The van der Waals surface area contributed by atoms with Crippen molar-refractivity contribution in [3.05, 3.63) is 23.2 Å². The van der Waals surface area contributed by atoms with Gasteiger partial charge in [0.05, 0.1) is 0 Å². The molecule has 0 spiro atoms. The van der Waals surface area contributed by atoms with E-state index in [4.69, 9.17) is 10.8 Å². The number of allylic oxidation sites excluding steroid dienone is 3. The summed E-state index contributed by atoms with van der Waals surface area (Å²) in [5.41, 5.74) is 5.40. The van der Waals surface area contributed by atoms with Crippen molar-refractivity contribution in [2.24, 2.45) is 5.73 Å². The van der Waals surface area contributed by atoms with E-state index < -0.39 is 12.0 Å². The maximum atomic E-state index is 10.4. The average molecular weight is 232 g/mol. The molecule has 1 unspecified atom stereocenters. The minimum atomic E-state index is -0.909. The van der Waals surface area contributed by atoms with Crippen LogP contribution in [0.5, 0.6) is 0 Å². The second-order valence-electron chi connectivity index (χ2n) is 2.57. The van der Waals surface area contributed by atoms with Gasteiger partial charge in [-0.25, -0.2) is 0 Å². The molecule has 0 fully saturated rings. The topological polar surface area (TPSA) is 63.3 Å². The van der Waals surface area contributed by atoms with Crippen molar-refractivity contribution < 1.29 is 9.90 Å². The van der Waals surface area contributed by atoms with E-state index in [1.165, 1.54) is 0 Å². The number of carboxylic acid groups (broad SMARTS) is 1. The Morgan fingerprint density at radius 1 is 1.67 bits per heavy atom. The van der Waals surface area contributed by atoms with E-state index in [2.05, 4.69) is 4.97 Å². The number of rotatable bonds is 3. The molecule has 1 rings (SSSR count). The fourth-order valence-corrected chi connectivity index (χ4v) is 2.76. The Morgan fingerprint density at radius 2 is 2.42 bits per heavy atom. The molecule has 1 aliphatic heterocycles. The average Bonchev–Trinajstić information content (AvgIpc) is 2.06. The van der Waals surface area contributed by atoms with Gasteiger partial charge in [-0.2, -0.15) is 0 Å². The Morgan fingerprint density at radius 3 is 2.92 bits per heavy atom. The molecular weight excluding hydrogens is 221 g/mol. The molecule has 0 saturated carbocycles. The first-order chi connectivity index (χ1) is 5.70. The first-order valence-electron chi connectivity index (χ1n) is 3.67. The fourth-order valence-electron chi connectivity index (χ4n) is 0.910. The van der Waals surface area contributed by atoms with Crippen LogP contribution in [0.1, 0.15) is 6.42 Å². The molecule has 0 aromatic carbocycles. The van der Waals surface area contributed by atoms with Gasteiger partial charge in [0.25, 0.3) is 0 Å². The van der Waals surface area contributed by atoms with Gasteiger partial charge < -0.3 is 0 Å². The molecule has 66 valence electrons. The molecule has 12 heavy (non-hydrogen) atoms.